The Hall–Kier alpha value is -0.970. The van der Waals surface area contributed by atoms with Crippen molar-refractivity contribution in [1.29, 1.82) is 0 Å². The van der Waals surface area contributed by atoms with Gasteiger partial charge >= 0.3 is 0 Å². The molecule has 1 aromatic rings. The molecule has 0 aromatic carbocycles. The number of thiocarbonyl (C=S) groups is 1. The predicted molar refractivity (Wildman–Crippen MR) is 64.7 cm³/mol. The van der Waals surface area contributed by atoms with Gasteiger partial charge in [-0.3, -0.25) is 4.68 Å². The van der Waals surface area contributed by atoms with Crippen LogP contribution in [-0.2, 0) is 6.54 Å². The van der Waals surface area contributed by atoms with Gasteiger partial charge in [-0.1, -0.05) is 44.8 Å². The Kier molecular flexibility index (Phi) is 5.25. The summed E-state index contributed by atoms with van der Waals surface area (Å²) in [6.45, 7) is 3.12. The summed E-state index contributed by atoms with van der Waals surface area (Å²) in [5, 5.41) is 4.17. The third kappa shape index (κ3) is 4.38. The molecule has 0 saturated heterocycles. The van der Waals surface area contributed by atoms with Crippen LogP contribution in [0.1, 0.15) is 44.9 Å². The normalized spacial score (nSPS) is 10.5. The van der Waals surface area contributed by atoms with Gasteiger partial charge < -0.3 is 5.73 Å². The van der Waals surface area contributed by atoms with E-state index in [1.54, 1.807) is 11.0 Å². The maximum atomic E-state index is 5.41. The van der Waals surface area contributed by atoms with E-state index < -0.39 is 0 Å². The third-order valence-electron chi connectivity index (χ3n) is 2.25. The molecule has 15 heavy (non-hydrogen) atoms. The highest BCUT2D eigenvalue weighted by Crippen LogP contribution is 2.03. The zero-order valence-electron chi connectivity index (χ0n) is 9.15. The Bertz CT molecular complexity index is 308. The van der Waals surface area contributed by atoms with Gasteiger partial charge in [-0.15, -0.1) is 5.10 Å². The average Bonchev–Trinajstić information content (AvgIpc) is 2.66. The second-order valence-corrected chi connectivity index (χ2v) is 4.05. The summed E-state index contributed by atoms with van der Waals surface area (Å²) >= 11 is 4.78. The Morgan fingerprint density at radius 3 is 2.73 bits per heavy atom. The minimum Gasteiger partial charge on any atom is -0.387 e. The number of unbranched alkanes of at least 4 members (excludes halogenated alkanes) is 4. The van der Waals surface area contributed by atoms with Gasteiger partial charge in [0.2, 0.25) is 5.82 Å². The molecule has 0 aliphatic heterocycles. The molecule has 84 valence electrons. The lowest BCUT2D eigenvalue weighted by Crippen LogP contribution is -2.12. The van der Waals surface area contributed by atoms with Crippen molar-refractivity contribution in [2.24, 2.45) is 5.73 Å². The van der Waals surface area contributed by atoms with E-state index in [4.69, 9.17) is 18.0 Å². The molecule has 1 aromatic heterocycles. The number of aryl methyl sites for hydroxylation is 1. The summed E-state index contributed by atoms with van der Waals surface area (Å²) < 4.78 is 1.81. The van der Waals surface area contributed by atoms with Gasteiger partial charge in [0.05, 0.1) is 0 Å². The molecule has 0 bridgehead atoms. The van der Waals surface area contributed by atoms with Crippen LogP contribution in [0, 0.1) is 0 Å². The van der Waals surface area contributed by atoms with Crippen molar-refractivity contribution in [2.75, 3.05) is 0 Å². The van der Waals surface area contributed by atoms with E-state index in [9.17, 15) is 0 Å². The number of aromatic nitrogens is 3. The van der Waals surface area contributed by atoms with Gasteiger partial charge in [-0.25, -0.2) is 4.98 Å². The molecule has 0 amide bonds. The summed E-state index contributed by atoms with van der Waals surface area (Å²) in [5.41, 5.74) is 5.41. The Labute approximate surface area is 95.9 Å². The Balaban J connectivity index is 2.23. The van der Waals surface area contributed by atoms with Crippen LogP contribution in [-0.4, -0.2) is 19.8 Å². The van der Waals surface area contributed by atoms with Crippen LogP contribution >= 0.6 is 12.2 Å². The predicted octanol–water partition coefficient (Wildman–Crippen LogP) is 1.88. The molecule has 1 heterocycles. The highest BCUT2D eigenvalue weighted by Gasteiger charge is 2.02. The minimum absolute atomic E-state index is 0.264. The van der Waals surface area contributed by atoms with E-state index in [-0.39, 0.29) is 4.99 Å². The van der Waals surface area contributed by atoms with E-state index in [0.29, 0.717) is 5.82 Å². The average molecular weight is 226 g/mol. The van der Waals surface area contributed by atoms with E-state index in [1.165, 1.54) is 25.7 Å². The fourth-order valence-corrected chi connectivity index (χ4v) is 1.49. The summed E-state index contributed by atoms with van der Waals surface area (Å²) in [4.78, 5) is 4.28. The molecular formula is C10H18N4S. The fourth-order valence-electron chi connectivity index (χ4n) is 1.39. The molecule has 2 N–H and O–H groups in total. The van der Waals surface area contributed by atoms with E-state index in [2.05, 4.69) is 17.0 Å². The highest BCUT2D eigenvalue weighted by molar-refractivity contribution is 7.80. The summed E-state index contributed by atoms with van der Waals surface area (Å²) in [6.07, 6.45) is 7.96. The molecule has 4 nitrogen and oxygen atoms in total. The minimum atomic E-state index is 0.264. The third-order valence-corrected chi connectivity index (χ3v) is 2.43. The zero-order chi connectivity index (χ0) is 11.1. The van der Waals surface area contributed by atoms with Crippen molar-refractivity contribution >= 4 is 17.2 Å². The van der Waals surface area contributed by atoms with Gasteiger partial charge in [0.1, 0.15) is 11.3 Å². The first-order valence-electron chi connectivity index (χ1n) is 5.43. The molecule has 0 radical (unpaired) electrons. The van der Waals surface area contributed by atoms with E-state index >= 15 is 0 Å². The summed E-state index contributed by atoms with van der Waals surface area (Å²) in [7, 11) is 0. The molecule has 0 unspecified atom stereocenters. The van der Waals surface area contributed by atoms with Crippen molar-refractivity contribution in [3.63, 3.8) is 0 Å². The first kappa shape index (κ1) is 12.1. The van der Waals surface area contributed by atoms with Crippen molar-refractivity contribution in [2.45, 2.75) is 45.6 Å². The van der Waals surface area contributed by atoms with Gasteiger partial charge in [0.25, 0.3) is 0 Å². The first-order chi connectivity index (χ1) is 7.24. The molecular weight excluding hydrogens is 208 g/mol. The van der Waals surface area contributed by atoms with Crippen molar-refractivity contribution < 1.29 is 0 Å². The number of hydrogen-bond acceptors (Lipinski definition) is 3. The van der Waals surface area contributed by atoms with Gasteiger partial charge in [0.15, 0.2) is 0 Å². The Morgan fingerprint density at radius 2 is 2.13 bits per heavy atom. The molecule has 1 rings (SSSR count). The summed E-state index contributed by atoms with van der Waals surface area (Å²) in [5.74, 6) is 0.471. The van der Waals surface area contributed by atoms with Crippen LogP contribution in [0.5, 0.6) is 0 Å². The fraction of sp³-hybridized carbons (Fsp3) is 0.700. The lowest BCUT2D eigenvalue weighted by molar-refractivity contribution is 0.532. The second kappa shape index (κ2) is 6.50. The van der Waals surface area contributed by atoms with Crippen LogP contribution < -0.4 is 5.73 Å². The largest absolute Gasteiger partial charge is 0.387 e. The maximum absolute atomic E-state index is 5.41. The van der Waals surface area contributed by atoms with Crippen LogP contribution in [0.3, 0.4) is 0 Å². The van der Waals surface area contributed by atoms with Gasteiger partial charge in [-0.05, 0) is 6.42 Å². The molecule has 0 atom stereocenters. The lowest BCUT2D eigenvalue weighted by atomic mass is 10.1. The van der Waals surface area contributed by atoms with Gasteiger partial charge in [-0.2, -0.15) is 0 Å². The number of nitrogens with zero attached hydrogens (tertiary/aromatic N) is 3. The van der Waals surface area contributed by atoms with Crippen molar-refractivity contribution in [1.82, 2.24) is 14.8 Å². The zero-order valence-corrected chi connectivity index (χ0v) is 9.96. The maximum Gasteiger partial charge on any atom is 0.208 e. The van der Waals surface area contributed by atoms with Crippen LogP contribution in [0.4, 0.5) is 0 Å². The monoisotopic (exact) mass is 226 g/mol. The SMILES string of the molecule is CCCCCCCn1cnc(C(N)=S)n1. The number of rotatable bonds is 7. The molecule has 0 spiro atoms. The second-order valence-electron chi connectivity index (χ2n) is 3.61. The molecule has 0 aliphatic rings. The lowest BCUT2D eigenvalue weighted by Gasteiger charge is -2.00. The molecule has 0 fully saturated rings. The first-order valence-corrected chi connectivity index (χ1v) is 5.84. The van der Waals surface area contributed by atoms with E-state index in [0.717, 1.165) is 13.0 Å². The van der Waals surface area contributed by atoms with Gasteiger partial charge in [0, 0.05) is 6.54 Å². The smallest absolute Gasteiger partial charge is 0.208 e. The van der Waals surface area contributed by atoms with Crippen LogP contribution in [0.15, 0.2) is 6.33 Å². The summed E-state index contributed by atoms with van der Waals surface area (Å²) in [6, 6.07) is 0. The highest BCUT2D eigenvalue weighted by atomic mass is 32.1. The molecule has 0 aliphatic carbocycles. The van der Waals surface area contributed by atoms with Crippen molar-refractivity contribution in [3.05, 3.63) is 12.2 Å². The standard InChI is InChI=1S/C10H18N4S/c1-2-3-4-5-6-7-14-8-12-10(13-14)9(11)15/h8H,2-7H2,1H3,(H2,11,15). The van der Waals surface area contributed by atoms with E-state index in [1.807, 2.05) is 0 Å². The van der Waals surface area contributed by atoms with Crippen molar-refractivity contribution in [3.8, 4) is 0 Å². The molecule has 0 saturated carbocycles. The topological polar surface area (TPSA) is 56.7 Å². The van der Waals surface area contributed by atoms with Crippen LogP contribution in [0.2, 0.25) is 0 Å². The number of nitrogens with two attached hydrogens (primary N) is 1. The van der Waals surface area contributed by atoms with Crippen LogP contribution in [0.25, 0.3) is 0 Å². The number of hydrogen-bond donors (Lipinski definition) is 1. The molecule has 5 heteroatoms. The quantitative estimate of drug-likeness (QED) is 0.570. The Morgan fingerprint density at radius 1 is 1.40 bits per heavy atom.